The number of aryl methyl sites for hydroxylation is 2. The Labute approximate surface area is 170 Å². The number of nitrogens with zero attached hydrogens (tertiary/aromatic N) is 2. The van der Waals surface area contributed by atoms with Gasteiger partial charge in [0.2, 0.25) is 5.91 Å². The summed E-state index contributed by atoms with van der Waals surface area (Å²) in [5.74, 6) is 0.319. The molecular weight excluding hydrogens is 366 g/mol. The third kappa shape index (κ3) is 3.90. The molecule has 4 rings (SSSR count). The van der Waals surface area contributed by atoms with Crippen molar-refractivity contribution in [2.24, 2.45) is 9.98 Å². The number of rotatable bonds is 4. The summed E-state index contributed by atoms with van der Waals surface area (Å²) >= 11 is 1.49. The van der Waals surface area contributed by atoms with Crippen LogP contribution in [0.2, 0.25) is 0 Å². The molecule has 1 heterocycles. The molecule has 1 aliphatic carbocycles. The summed E-state index contributed by atoms with van der Waals surface area (Å²) in [5.41, 5.74) is 4.78. The summed E-state index contributed by atoms with van der Waals surface area (Å²) in [6.07, 6.45) is 4.34. The number of thioether (sulfide) groups is 1. The minimum atomic E-state index is -0.295. The van der Waals surface area contributed by atoms with Gasteiger partial charge in [-0.1, -0.05) is 60.3 Å². The lowest BCUT2D eigenvalue weighted by Crippen LogP contribution is -2.18. The molecule has 5 heteroatoms. The van der Waals surface area contributed by atoms with Crippen LogP contribution in [0, 0.1) is 13.8 Å². The maximum Gasteiger partial charge on any atom is 0.234 e. The third-order valence-corrected chi connectivity index (χ3v) is 6.33. The van der Waals surface area contributed by atoms with Gasteiger partial charge in [0.05, 0.1) is 11.5 Å². The molecule has 0 aromatic heterocycles. The maximum absolute atomic E-state index is 12.6. The number of nitrogens with one attached hydrogen (secondary N) is 1. The fraction of sp³-hybridized carbons (Fsp3) is 0.348. The fourth-order valence-corrected chi connectivity index (χ4v) is 4.77. The van der Waals surface area contributed by atoms with Crippen molar-refractivity contribution in [3.8, 4) is 0 Å². The summed E-state index contributed by atoms with van der Waals surface area (Å²) in [7, 11) is 0. The van der Waals surface area contributed by atoms with Crippen molar-refractivity contribution in [3.05, 3.63) is 65.2 Å². The molecule has 0 atom stereocenters. The molecule has 1 saturated carbocycles. The minimum absolute atomic E-state index is 0.00937. The average Bonchev–Trinajstić information content (AvgIpc) is 3.31. The highest BCUT2D eigenvalue weighted by Gasteiger charge is 2.39. The van der Waals surface area contributed by atoms with E-state index >= 15 is 0 Å². The van der Waals surface area contributed by atoms with Crippen LogP contribution >= 0.6 is 11.8 Å². The second-order valence-corrected chi connectivity index (χ2v) is 8.50. The van der Waals surface area contributed by atoms with E-state index in [0.717, 1.165) is 46.0 Å². The molecule has 4 nitrogen and oxygen atoms in total. The quantitative estimate of drug-likeness (QED) is 0.784. The number of aliphatic imine (C=N–C) groups is 2. The summed E-state index contributed by atoms with van der Waals surface area (Å²) in [4.78, 5) is 22.6. The maximum atomic E-state index is 12.6. The van der Waals surface area contributed by atoms with Crippen molar-refractivity contribution in [3.63, 3.8) is 0 Å². The van der Waals surface area contributed by atoms with Gasteiger partial charge in [-0.25, -0.2) is 4.99 Å². The lowest BCUT2D eigenvalue weighted by atomic mass is 10.1. The predicted octanol–water partition coefficient (Wildman–Crippen LogP) is 5.15. The second-order valence-electron chi connectivity index (χ2n) is 7.54. The number of carbonyl (C=O) groups excluding carboxylic acids is 1. The van der Waals surface area contributed by atoms with Gasteiger partial charge in [-0.15, -0.1) is 0 Å². The van der Waals surface area contributed by atoms with Gasteiger partial charge in [0, 0.05) is 11.3 Å². The molecule has 2 aromatic rings. The van der Waals surface area contributed by atoms with Gasteiger partial charge >= 0.3 is 0 Å². The van der Waals surface area contributed by atoms with Crippen molar-refractivity contribution in [2.45, 2.75) is 45.2 Å². The highest BCUT2D eigenvalue weighted by atomic mass is 32.2. The van der Waals surface area contributed by atoms with Crippen LogP contribution in [0.15, 0.2) is 58.5 Å². The highest BCUT2D eigenvalue weighted by Crippen LogP contribution is 2.40. The molecule has 1 aliphatic heterocycles. The van der Waals surface area contributed by atoms with E-state index in [0.29, 0.717) is 5.75 Å². The van der Waals surface area contributed by atoms with Crippen LogP contribution in [0.5, 0.6) is 0 Å². The molecule has 2 aliphatic rings. The Kier molecular flexibility index (Phi) is 5.36. The number of anilines is 1. The fourth-order valence-electron chi connectivity index (χ4n) is 3.89. The first-order valence-corrected chi connectivity index (χ1v) is 10.8. The van der Waals surface area contributed by atoms with Gasteiger partial charge in [0.15, 0.2) is 5.66 Å². The Morgan fingerprint density at radius 2 is 1.68 bits per heavy atom. The van der Waals surface area contributed by atoms with Crippen LogP contribution < -0.4 is 5.32 Å². The van der Waals surface area contributed by atoms with Crippen LogP contribution in [0.4, 0.5) is 5.69 Å². The Balaban J connectivity index is 1.50. The van der Waals surface area contributed by atoms with Gasteiger partial charge < -0.3 is 5.32 Å². The summed E-state index contributed by atoms with van der Waals surface area (Å²) in [6.45, 7) is 4.03. The SMILES string of the molecule is Cc1cccc(C)c1NC(=O)CSC1=NC2(CCCC2)N=C1c1ccccc1. The van der Waals surface area contributed by atoms with Crippen molar-refractivity contribution < 1.29 is 4.79 Å². The second kappa shape index (κ2) is 7.92. The first kappa shape index (κ1) is 18.9. The largest absolute Gasteiger partial charge is 0.325 e. The van der Waals surface area contributed by atoms with Crippen molar-refractivity contribution in [2.75, 3.05) is 11.1 Å². The van der Waals surface area contributed by atoms with Gasteiger partial charge in [0.1, 0.15) is 5.04 Å². The van der Waals surface area contributed by atoms with E-state index in [-0.39, 0.29) is 11.6 Å². The number of carbonyl (C=O) groups is 1. The topological polar surface area (TPSA) is 53.8 Å². The number of amides is 1. The summed E-state index contributed by atoms with van der Waals surface area (Å²) in [5, 5.41) is 3.96. The van der Waals surface area contributed by atoms with Crippen LogP contribution in [-0.4, -0.2) is 28.1 Å². The van der Waals surface area contributed by atoms with E-state index < -0.39 is 0 Å². The molecule has 28 heavy (non-hydrogen) atoms. The Hall–Kier alpha value is -2.40. The van der Waals surface area contributed by atoms with Gasteiger partial charge in [-0.2, -0.15) is 0 Å². The molecule has 144 valence electrons. The lowest BCUT2D eigenvalue weighted by Gasteiger charge is -2.14. The smallest absolute Gasteiger partial charge is 0.234 e. The Morgan fingerprint density at radius 3 is 2.36 bits per heavy atom. The van der Waals surface area contributed by atoms with Gasteiger partial charge in [0.25, 0.3) is 0 Å². The van der Waals surface area contributed by atoms with E-state index in [2.05, 4.69) is 17.4 Å². The van der Waals surface area contributed by atoms with Crippen molar-refractivity contribution in [1.82, 2.24) is 0 Å². The molecule has 1 spiro atoms. The first-order valence-electron chi connectivity index (χ1n) is 9.81. The van der Waals surface area contributed by atoms with Gasteiger partial charge in [-0.3, -0.25) is 9.79 Å². The molecule has 1 fully saturated rings. The van der Waals surface area contributed by atoms with E-state index in [1.165, 1.54) is 24.6 Å². The van der Waals surface area contributed by atoms with E-state index in [9.17, 15) is 4.79 Å². The number of hydrogen-bond acceptors (Lipinski definition) is 4. The van der Waals surface area contributed by atoms with Crippen LogP contribution in [-0.2, 0) is 4.79 Å². The number of para-hydroxylation sites is 1. The van der Waals surface area contributed by atoms with Crippen molar-refractivity contribution in [1.29, 1.82) is 0 Å². The lowest BCUT2D eigenvalue weighted by molar-refractivity contribution is -0.113. The molecule has 0 saturated heterocycles. The molecule has 2 aromatic carbocycles. The highest BCUT2D eigenvalue weighted by molar-refractivity contribution is 8.16. The monoisotopic (exact) mass is 391 g/mol. The standard InChI is InChI=1S/C23H25N3OS/c1-16-9-8-10-17(2)20(16)24-19(27)15-28-22-21(18-11-4-3-5-12-18)25-23(26-22)13-6-7-14-23/h3-5,8-12H,6-7,13-15H2,1-2H3,(H,24,27). The predicted molar refractivity (Wildman–Crippen MR) is 119 cm³/mol. The summed E-state index contributed by atoms with van der Waals surface area (Å²) in [6, 6.07) is 16.2. The van der Waals surface area contributed by atoms with Crippen LogP contribution in [0.1, 0.15) is 42.4 Å². The number of benzene rings is 2. The van der Waals surface area contributed by atoms with Crippen molar-refractivity contribution >= 4 is 34.1 Å². The summed E-state index contributed by atoms with van der Waals surface area (Å²) < 4.78 is 0. The first-order chi connectivity index (χ1) is 13.6. The third-order valence-electron chi connectivity index (χ3n) is 5.37. The number of hydrogen-bond donors (Lipinski definition) is 1. The Morgan fingerprint density at radius 1 is 1.00 bits per heavy atom. The minimum Gasteiger partial charge on any atom is -0.325 e. The zero-order valence-electron chi connectivity index (χ0n) is 16.4. The van der Waals surface area contributed by atoms with E-state index in [1.807, 2.05) is 50.2 Å². The van der Waals surface area contributed by atoms with Crippen LogP contribution in [0.25, 0.3) is 0 Å². The molecule has 0 bridgehead atoms. The zero-order chi connectivity index (χ0) is 19.6. The van der Waals surface area contributed by atoms with E-state index in [4.69, 9.17) is 9.98 Å². The van der Waals surface area contributed by atoms with Gasteiger partial charge in [-0.05, 0) is 50.7 Å². The molecular formula is C23H25N3OS. The normalized spacial score (nSPS) is 17.5. The zero-order valence-corrected chi connectivity index (χ0v) is 17.2. The van der Waals surface area contributed by atoms with Crippen LogP contribution in [0.3, 0.4) is 0 Å². The van der Waals surface area contributed by atoms with E-state index in [1.54, 1.807) is 0 Å². The Bertz CT molecular complexity index is 923. The average molecular weight is 392 g/mol. The molecule has 0 unspecified atom stereocenters. The molecule has 0 radical (unpaired) electrons. The molecule has 1 amide bonds. The molecule has 1 N–H and O–H groups in total.